The van der Waals surface area contributed by atoms with Crippen molar-refractivity contribution in [3.05, 3.63) is 263 Å². The molecule has 0 saturated heterocycles. The Balaban J connectivity index is 0.000000198. The summed E-state index contributed by atoms with van der Waals surface area (Å²) in [6.45, 7) is 17.4. The molecule has 6 unspecified atom stereocenters. The van der Waals surface area contributed by atoms with Crippen LogP contribution in [0, 0.1) is 41.5 Å². The zero-order valence-corrected chi connectivity index (χ0v) is 96.9. The van der Waals surface area contributed by atoms with Crippen molar-refractivity contribution in [1.29, 1.82) is 0 Å². The molecule has 4 aromatic heterocycles. The molecule has 0 fully saturated rings. The van der Waals surface area contributed by atoms with E-state index in [1.54, 1.807) is 0 Å². The van der Waals surface area contributed by atoms with Crippen LogP contribution in [0.3, 0.4) is 0 Å². The number of ether oxygens (including phenoxy) is 6. The van der Waals surface area contributed by atoms with E-state index in [0.29, 0.717) is 0 Å². The number of aromatic amines is 4. The van der Waals surface area contributed by atoms with Crippen LogP contribution < -0.4 is 22.3 Å². The van der Waals surface area contributed by atoms with E-state index in [4.69, 9.17) is 29.9 Å². The predicted molar refractivity (Wildman–Crippen MR) is 572 cm³/mol. The zero-order chi connectivity index (χ0) is 102. The number of esters is 6. The fourth-order valence-corrected chi connectivity index (χ4v) is 23.8. The number of imidazole rings is 4. The standard InChI is InChI=1S/2C31H23N3O2P2.C30H22N4O2P2.6C3H5O2.6V/c35-14-37-29-13-26-23-7-5-19-18-3-1-16-12-25-17(2-9-28-30(25)34-31(33-28)38-15-36)11-24(16)22(18)6-4-20(19)21(23)8-10-27(26)32-29;35-14-37-29-13-26-22-4-2-17-11-24-16(12-25(17)21(22)7-9-27(26)32-29)1-3-18-19-8-10-28-30(23(19)6-5-20(18)24)34-31(33-28)38-15-36;35-13-37-29-32-26-8-6-20-19-3-1-15-9-18-12-24-16(2-7-25-28(24)34-30(31-25)38-14-36)10-17(18)11-23(15)21(19)4-5-22(20)27(26)33-29;6*1-3(4)5-2;;;;;;/h4-7,11-12,37-38H,1-3,8-10,13H2,(H,33,34);2,4-6,11-12,37-38H,1,3,7-10,13H2,(H,33,34);4-5,9-12,37-38H,1-3,6-8H2,(H,31,34)(H,32,33);6*1H2,2H3;;;;;;/q3*-2;6*-1;6*+2. The van der Waals surface area contributed by atoms with Crippen LogP contribution in [-0.2, 0) is 300 Å². The number of hydrogen-bond donors (Lipinski definition) is 4. The van der Waals surface area contributed by atoms with Crippen molar-refractivity contribution in [3.63, 3.8) is 0 Å². The molecule has 0 spiro atoms. The molecular weight excluding hydrogens is 2240 g/mol. The maximum Gasteiger partial charge on any atom is 2.00 e. The summed E-state index contributed by atoms with van der Waals surface area (Å²) in [6.07, 6.45) is 19.2. The number of H-pyrrole nitrogens is 4. The van der Waals surface area contributed by atoms with E-state index < -0.39 is 35.8 Å². The van der Waals surface area contributed by atoms with Crippen LogP contribution in [0.5, 0.6) is 0 Å². The summed E-state index contributed by atoms with van der Waals surface area (Å²) < 4.78 is 24.0. The summed E-state index contributed by atoms with van der Waals surface area (Å²) in [5.74, 6) is -2.97. The van der Waals surface area contributed by atoms with Gasteiger partial charge in [-0.15, -0.1) is 0 Å². The number of benzene rings is 9. The number of nitrogens with zero attached hydrogens (tertiary/aromatic N) is 6. The normalized spacial score (nSPS) is 14.0. The van der Waals surface area contributed by atoms with E-state index in [1.165, 1.54) is 231 Å². The number of nitrogens with one attached hydrogen (secondary N) is 4. The van der Waals surface area contributed by atoms with Gasteiger partial charge in [0.25, 0.3) is 0 Å². The first kappa shape index (κ1) is 121. The van der Waals surface area contributed by atoms with Crippen LogP contribution in [-0.4, -0.2) is 165 Å². The van der Waals surface area contributed by atoms with Gasteiger partial charge >= 0.3 is 111 Å². The van der Waals surface area contributed by atoms with Gasteiger partial charge in [-0.05, 0) is 295 Å². The second-order valence-electron chi connectivity index (χ2n) is 34.7. The van der Waals surface area contributed by atoms with Crippen molar-refractivity contribution in [1.82, 2.24) is 39.9 Å². The van der Waals surface area contributed by atoms with Crippen molar-refractivity contribution >= 4 is 200 Å². The van der Waals surface area contributed by atoms with Gasteiger partial charge in [0.1, 0.15) is 0 Å². The molecule has 0 saturated carbocycles. The average molecular weight is 2340 g/mol. The summed E-state index contributed by atoms with van der Waals surface area (Å²) in [4.78, 5) is 164. The molecule has 11 aliphatic rings. The molecule has 6 radical (unpaired) electrons. The van der Waals surface area contributed by atoms with Gasteiger partial charge in [-0.25, -0.2) is 73.3 Å². The predicted octanol–water partition coefficient (Wildman–Crippen LogP) is 15.6. The van der Waals surface area contributed by atoms with Crippen LogP contribution in [0.15, 0.2) is 131 Å². The summed E-state index contributed by atoms with van der Waals surface area (Å²) in [5.41, 5.74) is 51.0. The van der Waals surface area contributed by atoms with Gasteiger partial charge in [0, 0.05) is 80.2 Å². The van der Waals surface area contributed by atoms with E-state index in [1.807, 2.05) is 36.2 Å². The first-order chi connectivity index (χ1) is 69.7. The molecule has 9 aromatic carbocycles. The largest absolute Gasteiger partial charge is 2.00 e. The van der Waals surface area contributed by atoms with Crippen molar-refractivity contribution in [2.24, 2.45) is 9.98 Å². The number of methoxy groups -OCH3 is 6. The fraction of sp³-hybridized carbons (Fsp3) is 0.236. The van der Waals surface area contributed by atoms with Crippen LogP contribution in [0.25, 0.3) is 122 Å². The van der Waals surface area contributed by atoms with Crippen LogP contribution in [0.1, 0.15) is 126 Å². The molecule has 2 aliphatic heterocycles. The quantitative estimate of drug-likeness (QED) is 0.0382. The number of allylic oxidation sites excluding steroid dienone is 4. The molecule has 13 aromatic rings. The van der Waals surface area contributed by atoms with Gasteiger partial charge < -0.3 is 77.1 Å². The van der Waals surface area contributed by atoms with E-state index >= 15 is 0 Å². The van der Waals surface area contributed by atoms with E-state index in [-0.39, 0.29) is 163 Å². The minimum absolute atomic E-state index is 0. The Morgan fingerprint density at radius 3 is 0.893 bits per heavy atom. The van der Waals surface area contributed by atoms with Crippen LogP contribution in [0.4, 0.5) is 0 Å². The molecule has 9 aliphatic carbocycles. The third-order valence-corrected chi connectivity index (χ3v) is 30.6. The molecular formula is C110H98N10O18P6V6. The molecule has 6 heterocycles. The maximum atomic E-state index is 10.9. The number of carbonyl (C=O) groups excluding carboxylic acids is 12. The molecule has 0 bridgehead atoms. The van der Waals surface area contributed by atoms with Gasteiger partial charge in [-0.2, -0.15) is 34.3 Å². The fourth-order valence-electron chi connectivity index (χ4n) is 20.7. The molecule has 756 valence electrons. The first-order valence-electron chi connectivity index (χ1n) is 46.1. The third kappa shape index (κ3) is 26.8. The summed E-state index contributed by atoms with van der Waals surface area (Å²) in [7, 11) is 7.63. The average Bonchev–Trinajstić information content (AvgIpc) is 1.19. The molecule has 24 rings (SSSR count). The Kier molecular flexibility index (Phi) is 44.8. The van der Waals surface area contributed by atoms with Crippen molar-refractivity contribution < 1.29 is 197 Å². The molecule has 40 heteroatoms. The Bertz CT molecular complexity index is 7380. The van der Waals surface area contributed by atoms with Crippen molar-refractivity contribution in [2.45, 2.75) is 128 Å². The van der Waals surface area contributed by atoms with E-state index in [2.05, 4.69) is 199 Å². The molecule has 0 amide bonds. The number of carbonyl (C=O) groups is 6. The third-order valence-electron chi connectivity index (χ3n) is 27.0. The first-order valence-corrected chi connectivity index (χ1v) is 52.1. The second kappa shape index (κ2) is 55.4. The molecule has 4 N–H and O–H groups in total. The van der Waals surface area contributed by atoms with Gasteiger partial charge in [0.2, 0.25) is 0 Å². The Labute approximate surface area is 951 Å². The van der Waals surface area contributed by atoms with Crippen molar-refractivity contribution in [3.8, 4) is 78.4 Å². The van der Waals surface area contributed by atoms with Gasteiger partial charge in [-0.3, -0.25) is 80.3 Å². The Morgan fingerprint density at radius 1 is 0.260 bits per heavy atom. The number of hydrogen-bond acceptors (Lipinski definition) is 24. The Morgan fingerprint density at radius 2 is 0.507 bits per heavy atom. The monoisotopic (exact) mass is 2340 g/mol. The minimum Gasteiger partial charge on any atom is -0.537 e. The number of aliphatic imine (C=N–C) groups is 2. The number of rotatable bonds is 12. The summed E-state index contributed by atoms with van der Waals surface area (Å²) in [6, 6.07) is 53.9. The molecule has 150 heavy (non-hydrogen) atoms. The van der Waals surface area contributed by atoms with Crippen LogP contribution >= 0.6 is 51.5 Å². The summed E-state index contributed by atoms with van der Waals surface area (Å²) >= 11 is 0. The second-order valence-corrected chi connectivity index (χ2v) is 40.4. The van der Waals surface area contributed by atoms with Gasteiger partial charge in [-0.1, -0.05) is 84.9 Å². The number of fused-ring (bicyclic) bond motifs is 33. The topological polar surface area (TPSA) is 400 Å². The summed E-state index contributed by atoms with van der Waals surface area (Å²) in [5, 5.41) is 7.92. The van der Waals surface area contributed by atoms with E-state index in [9.17, 15) is 57.5 Å². The molecule has 28 nitrogen and oxygen atoms in total. The van der Waals surface area contributed by atoms with Gasteiger partial charge in [0.15, 0.2) is 35.8 Å². The number of aromatic nitrogens is 8. The zero-order valence-electron chi connectivity index (χ0n) is 82.5. The van der Waals surface area contributed by atoms with Crippen molar-refractivity contribution in [2.75, 3.05) is 42.7 Å². The molecule has 6 atom stereocenters. The van der Waals surface area contributed by atoms with Crippen LogP contribution in [0.2, 0.25) is 0 Å². The Hall–Kier alpha value is -10.4. The number of aryl methyl sites for hydroxylation is 12. The minimum atomic E-state index is -0.495. The smallest absolute Gasteiger partial charge is 0.537 e. The van der Waals surface area contributed by atoms with Gasteiger partial charge in [0.05, 0.1) is 87.7 Å². The SMILES string of the molecule is O=[C-]PC1=NC2=C(C1)c1ccc3c4c(ccc3c1CC2)-c1cc2c(cc1CC4)-c1nc(P[C-]=O)[nH]c1CC2.O=[C-]PC1=NC2=C(C1)c1ccc3cc4c(cc3c1CC2)CCc1c-4ccc2c1CCc1[nH]c(P[C-]=O)nc1-2.O=[C-]Pc1nc2c([nH]1)CCc1cc3cc4c(cc3cc1-2)CCc1c-4ccc2c1CCc1[nH]c(P[C-]=O)nc1-2.[CH2-]C(=O)OC.[CH2-]C(=O)OC.[CH2-]C(=O)OC.[CH2-]C(=O)OC.[CH2-]C(=O)OC.[CH2-]C(=O)OC.[V+2].[V+2].[V+2].[V+2].[V+2].[V+2]. The van der Waals surface area contributed by atoms with E-state index in [0.717, 1.165) is 207 Å². The maximum absolute atomic E-state index is 10.9.